The van der Waals surface area contributed by atoms with Crippen molar-refractivity contribution in [1.29, 1.82) is 0 Å². The van der Waals surface area contributed by atoms with Gasteiger partial charge in [-0.3, -0.25) is 57.5 Å². The van der Waals surface area contributed by atoms with Crippen molar-refractivity contribution in [2.24, 2.45) is 23.5 Å². The van der Waals surface area contributed by atoms with Gasteiger partial charge in [0.05, 0.1) is 24.4 Å². The summed E-state index contributed by atoms with van der Waals surface area (Å²) >= 11 is 0. The standard InChI is InChI=1S/C83H128N12O16/c1-52(2)45-62(78(104)91(15)64(46-53(3)4)75(101)88-71(57(9)111-70-39-29-32-44-109-70)82(108)93(17)67(50-60-37-27-21-28-38-60)72(98)85-61(40-41-69(96)97)80(106)95-42-30-22-31-43-95)86-73(99)66(49-59-35-25-20-26-36-59)92(16)79(105)63(51-110-83(10,11)12)87-74(100)65(48-58-33-23-19-24-34-58)90(14)77(103)56(8)89(13)81(107)68(47-54(5)6)94(18)76(102)55(7)84/h19-21,23-28,33-38,52-57,61-68,70-71H,22,29-32,39-51,84H2,1-18H3,(H,85,98)(H,86,99)(H,87,100)(H,88,101)(H,96,97)/t55-,56+,57-,61+,62+,63+,64+,65+,66+,67+,68+,70?,71+/m1/s1. The second-order valence-electron chi connectivity index (χ2n) is 32.2. The van der Waals surface area contributed by atoms with Gasteiger partial charge in [0.1, 0.15) is 60.4 Å². The summed E-state index contributed by atoms with van der Waals surface area (Å²) < 4.78 is 18.7. The maximum absolute atomic E-state index is 15.6. The zero-order valence-electron chi connectivity index (χ0n) is 68.9. The van der Waals surface area contributed by atoms with E-state index in [0.717, 1.165) is 32.1 Å². The molecule has 3 aromatic carbocycles. The molecule has 1 unspecified atom stereocenters. The summed E-state index contributed by atoms with van der Waals surface area (Å²) in [5, 5.41) is 21.4. The van der Waals surface area contributed by atoms with Gasteiger partial charge in [0.2, 0.25) is 65.0 Å². The highest BCUT2D eigenvalue weighted by Gasteiger charge is 2.44. The average Bonchev–Trinajstić information content (AvgIpc) is 0.817. The molecule has 2 saturated heterocycles. The molecule has 111 heavy (non-hydrogen) atoms. The highest BCUT2D eigenvalue weighted by atomic mass is 16.7. The number of nitrogens with zero attached hydrogens (tertiary/aromatic N) is 7. The monoisotopic (exact) mass is 1550 g/mol. The van der Waals surface area contributed by atoms with Crippen LogP contribution in [-0.2, 0) is 91.0 Å². The van der Waals surface area contributed by atoms with E-state index in [1.807, 2.05) is 41.5 Å². The number of piperidine rings is 1. The molecule has 5 rings (SSSR count). The summed E-state index contributed by atoms with van der Waals surface area (Å²) in [6.45, 7) is 22.0. The predicted molar refractivity (Wildman–Crippen MR) is 422 cm³/mol. The molecule has 0 saturated carbocycles. The van der Waals surface area contributed by atoms with Crippen LogP contribution in [0.3, 0.4) is 0 Å². The number of carbonyl (C=O) groups excluding carboxylic acids is 11. The molecule has 0 aromatic heterocycles. The van der Waals surface area contributed by atoms with Crippen molar-refractivity contribution in [2.75, 3.05) is 68.6 Å². The molecule has 3 aromatic rings. The Morgan fingerprint density at radius 2 is 0.901 bits per heavy atom. The van der Waals surface area contributed by atoms with Crippen LogP contribution in [0.2, 0.25) is 0 Å². The smallest absolute Gasteiger partial charge is 0.303 e. The van der Waals surface area contributed by atoms with E-state index in [-0.39, 0.29) is 62.7 Å². The van der Waals surface area contributed by atoms with E-state index in [0.29, 0.717) is 42.8 Å². The SMILES string of the molecule is CC(C)C[C@H](NC(=O)[C@H](Cc1ccccc1)N(C)C(=O)[C@H](COC(C)(C)C)NC(=O)[C@H](Cc1ccccc1)N(C)C(=O)[C@H](C)N(C)C(=O)[C@H](CC(C)C)N(C)C(=O)[C@@H](C)N)C(=O)N(C)[C@@H](CC(C)C)C(=O)N[C@H](C(=O)N(C)[C@@H](Cc1ccccc1)C(=O)N[C@@H](CCC(=O)O)C(=O)N1CCCCC1)[C@@H](C)OC1CCCCO1. The number of amides is 11. The normalized spacial score (nSPS) is 17.2. The van der Waals surface area contributed by atoms with Crippen LogP contribution < -0.4 is 27.0 Å². The molecule has 7 N–H and O–H groups in total. The molecule has 13 atom stereocenters. The highest BCUT2D eigenvalue weighted by Crippen LogP contribution is 2.25. The number of rotatable bonds is 41. The Morgan fingerprint density at radius 3 is 1.34 bits per heavy atom. The predicted octanol–water partition coefficient (Wildman–Crippen LogP) is 5.75. The van der Waals surface area contributed by atoms with Crippen LogP contribution in [0.1, 0.15) is 170 Å². The topological polar surface area (TPSA) is 350 Å². The minimum Gasteiger partial charge on any atom is -0.481 e. The van der Waals surface area contributed by atoms with Gasteiger partial charge in [-0.05, 0) is 140 Å². The molecule has 2 aliphatic rings. The second-order valence-corrected chi connectivity index (χ2v) is 32.2. The zero-order valence-corrected chi connectivity index (χ0v) is 68.9. The van der Waals surface area contributed by atoms with E-state index in [1.54, 1.807) is 124 Å². The molecule has 0 radical (unpaired) electrons. The Bertz CT molecular complexity index is 3530. The molecule has 28 nitrogen and oxygen atoms in total. The number of benzene rings is 3. The number of carbonyl (C=O) groups is 12. The van der Waals surface area contributed by atoms with Crippen LogP contribution in [0.25, 0.3) is 0 Å². The van der Waals surface area contributed by atoms with E-state index in [9.17, 15) is 33.9 Å². The summed E-state index contributed by atoms with van der Waals surface area (Å²) in [7, 11) is 8.64. The number of hydrogen-bond acceptors (Lipinski definition) is 16. The van der Waals surface area contributed by atoms with Crippen molar-refractivity contribution in [3.05, 3.63) is 108 Å². The fourth-order valence-electron chi connectivity index (χ4n) is 13.8. The molecular weight excluding hydrogens is 1420 g/mol. The Morgan fingerprint density at radius 1 is 0.486 bits per heavy atom. The van der Waals surface area contributed by atoms with Gasteiger partial charge in [-0.15, -0.1) is 0 Å². The van der Waals surface area contributed by atoms with Gasteiger partial charge >= 0.3 is 5.97 Å². The third-order valence-electron chi connectivity index (χ3n) is 20.5. The third kappa shape index (κ3) is 28.7. The highest BCUT2D eigenvalue weighted by molar-refractivity contribution is 5.99. The first-order valence-corrected chi connectivity index (χ1v) is 39.3. The number of carboxylic acid groups (broad SMARTS) is 1. The molecule has 11 amide bonds. The van der Waals surface area contributed by atoms with Crippen molar-refractivity contribution >= 4 is 70.9 Å². The lowest BCUT2D eigenvalue weighted by Crippen LogP contribution is -2.63. The molecule has 616 valence electrons. The molecule has 0 aliphatic carbocycles. The Kier molecular flexibility index (Phi) is 37.1. The van der Waals surface area contributed by atoms with Crippen molar-refractivity contribution in [1.82, 2.24) is 55.6 Å². The van der Waals surface area contributed by atoms with Crippen LogP contribution in [0.4, 0.5) is 0 Å². The summed E-state index contributed by atoms with van der Waals surface area (Å²) in [6.07, 6.45) is 2.06. The fourth-order valence-corrected chi connectivity index (χ4v) is 13.8. The number of nitrogens with one attached hydrogen (secondary N) is 4. The van der Waals surface area contributed by atoms with Crippen molar-refractivity contribution < 1.29 is 76.9 Å². The van der Waals surface area contributed by atoms with Gasteiger partial charge in [0.15, 0.2) is 6.29 Å². The second kappa shape index (κ2) is 44.4. The van der Waals surface area contributed by atoms with Crippen LogP contribution in [0, 0.1) is 17.8 Å². The van der Waals surface area contributed by atoms with Crippen LogP contribution in [0.15, 0.2) is 91.0 Å². The first kappa shape index (κ1) is 92.7. The lowest BCUT2D eigenvalue weighted by atomic mass is 9.97. The van der Waals surface area contributed by atoms with E-state index >= 15 is 28.8 Å². The maximum atomic E-state index is 15.6. The van der Waals surface area contributed by atoms with Crippen molar-refractivity contribution in [2.45, 2.75) is 257 Å². The number of nitrogens with two attached hydrogens (primary N) is 1. The molecule has 2 fully saturated rings. The number of carboxylic acids is 1. The summed E-state index contributed by atoms with van der Waals surface area (Å²) in [6, 6.07) is 12.7. The fraction of sp³-hybridized carbons (Fsp3) is 0.639. The van der Waals surface area contributed by atoms with Gasteiger partial charge in [0, 0.05) is 87.7 Å². The molecule has 0 bridgehead atoms. The Hall–Kier alpha value is -8.86. The van der Waals surface area contributed by atoms with E-state index in [1.165, 1.54) is 85.5 Å². The molecule has 2 heterocycles. The minimum absolute atomic E-state index is 0.0329. The lowest BCUT2D eigenvalue weighted by molar-refractivity contribution is -0.193. The molecule has 2 aliphatic heterocycles. The number of ether oxygens (including phenoxy) is 3. The number of likely N-dealkylation sites (N-methyl/N-ethyl adjacent to an activating group) is 6. The van der Waals surface area contributed by atoms with E-state index in [4.69, 9.17) is 19.9 Å². The minimum atomic E-state index is -1.54. The quantitative estimate of drug-likeness (QED) is 0.0394. The molecule has 0 spiro atoms. The van der Waals surface area contributed by atoms with E-state index < -0.39 is 168 Å². The zero-order chi connectivity index (χ0) is 82.7. The van der Waals surface area contributed by atoms with Gasteiger partial charge in [0.25, 0.3) is 0 Å². The van der Waals surface area contributed by atoms with E-state index in [2.05, 4.69) is 21.3 Å². The number of hydrogen-bond donors (Lipinski definition) is 6. The third-order valence-corrected chi connectivity index (χ3v) is 20.5. The van der Waals surface area contributed by atoms with Gasteiger partial charge in [-0.25, -0.2) is 0 Å². The van der Waals surface area contributed by atoms with Crippen molar-refractivity contribution in [3.63, 3.8) is 0 Å². The van der Waals surface area contributed by atoms with Crippen LogP contribution >= 0.6 is 0 Å². The Labute approximate surface area is 657 Å². The summed E-state index contributed by atoms with van der Waals surface area (Å²) in [5.41, 5.74) is 7.04. The first-order chi connectivity index (χ1) is 52.2. The largest absolute Gasteiger partial charge is 0.481 e. The number of aliphatic carboxylic acids is 1. The average molecular weight is 1550 g/mol. The molecule has 28 heteroatoms. The van der Waals surface area contributed by atoms with Gasteiger partial charge in [-0.1, -0.05) is 133 Å². The van der Waals surface area contributed by atoms with Crippen molar-refractivity contribution in [3.8, 4) is 0 Å². The summed E-state index contributed by atoms with van der Waals surface area (Å²) in [4.78, 5) is 186. The number of likely N-dealkylation sites (tertiary alicyclic amines) is 1. The summed E-state index contributed by atoms with van der Waals surface area (Å²) in [5.74, 6) is -9.00. The van der Waals surface area contributed by atoms with Crippen LogP contribution in [-0.4, -0.2) is 263 Å². The van der Waals surface area contributed by atoms with Gasteiger partial charge < -0.3 is 80.6 Å². The lowest BCUT2D eigenvalue weighted by Gasteiger charge is -2.38. The maximum Gasteiger partial charge on any atom is 0.303 e. The molecular formula is C83H128N12O16. The van der Waals surface area contributed by atoms with Crippen LogP contribution in [0.5, 0.6) is 0 Å². The van der Waals surface area contributed by atoms with Gasteiger partial charge in [-0.2, -0.15) is 0 Å². The Balaban J connectivity index is 1.52. The first-order valence-electron chi connectivity index (χ1n) is 39.3.